The minimum absolute atomic E-state index is 0.335. The van der Waals surface area contributed by atoms with E-state index in [2.05, 4.69) is 5.10 Å². The van der Waals surface area contributed by atoms with E-state index in [-0.39, 0.29) is 11.7 Å². The van der Waals surface area contributed by atoms with Gasteiger partial charge in [0.2, 0.25) is 0 Å². The Balaban J connectivity index is 2.33. The van der Waals surface area contributed by atoms with Crippen molar-refractivity contribution in [3.63, 3.8) is 0 Å². The Labute approximate surface area is 122 Å². The monoisotopic (exact) mass is 286 g/mol. The maximum absolute atomic E-state index is 12.9. The van der Waals surface area contributed by atoms with E-state index in [1.807, 2.05) is 0 Å². The summed E-state index contributed by atoms with van der Waals surface area (Å²) >= 11 is 0. The number of rotatable bonds is 4. The van der Waals surface area contributed by atoms with E-state index in [4.69, 9.17) is 4.74 Å². The van der Waals surface area contributed by atoms with Gasteiger partial charge in [0, 0.05) is 11.8 Å². The van der Waals surface area contributed by atoms with Crippen LogP contribution in [0.3, 0.4) is 0 Å². The summed E-state index contributed by atoms with van der Waals surface area (Å²) in [6.45, 7) is 1.72. The summed E-state index contributed by atoms with van der Waals surface area (Å²) in [6.07, 6.45) is 1.52. The van der Waals surface area contributed by atoms with Crippen molar-refractivity contribution in [2.24, 2.45) is 5.10 Å². The molecule has 0 spiro atoms. The minimum Gasteiger partial charge on any atom is -0.497 e. The number of methoxy groups -OCH3 is 1. The van der Waals surface area contributed by atoms with Crippen molar-refractivity contribution < 1.29 is 13.9 Å². The van der Waals surface area contributed by atoms with Gasteiger partial charge in [-0.1, -0.05) is 0 Å². The molecule has 0 saturated heterocycles. The Morgan fingerprint density at radius 3 is 2.29 bits per heavy atom. The number of carbonyl (C=O) groups excluding carboxylic acids is 1. The molecule has 0 atom stereocenters. The van der Waals surface area contributed by atoms with Crippen LogP contribution in [0.4, 0.5) is 10.1 Å². The fourth-order valence-electron chi connectivity index (χ4n) is 1.79. The van der Waals surface area contributed by atoms with Gasteiger partial charge < -0.3 is 4.74 Å². The largest absolute Gasteiger partial charge is 0.497 e. The second-order valence-electron chi connectivity index (χ2n) is 4.20. The van der Waals surface area contributed by atoms with E-state index in [0.717, 1.165) is 0 Å². The molecule has 21 heavy (non-hydrogen) atoms. The number of hydrazone groups is 1. The molecule has 5 heteroatoms. The molecule has 0 saturated carbocycles. The van der Waals surface area contributed by atoms with Gasteiger partial charge in [0.05, 0.1) is 12.8 Å². The van der Waals surface area contributed by atoms with Gasteiger partial charge in [-0.25, -0.2) is 4.39 Å². The topological polar surface area (TPSA) is 41.9 Å². The molecule has 0 aliphatic rings. The van der Waals surface area contributed by atoms with Gasteiger partial charge in [0.1, 0.15) is 11.6 Å². The van der Waals surface area contributed by atoms with Crippen LogP contribution in [0, 0.1) is 5.82 Å². The van der Waals surface area contributed by atoms with Crippen molar-refractivity contribution in [3.05, 3.63) is 59.9 Å². The lowest BCUT2D eigenvalue weighted by molar-refractivity contribution is 0.0987. The first-order valence-corrected chi connectivity index (χ1v) is 6.38. The van der Waals surface area contributed by atoms with Crippen LogP contribution in [0.5, 0.6) is 5.75 Å². The zero-order valence-electron chi connectivity index (χ0n) is 11.8. The van der Waals surface area contributed by atoms with Crippen LogP contribution in [0.2, 0.25) is 0 Å². The lowest BCUT2D eigenvalue weighted by Crippen LogP contribution is -2.25. The molecule has 0 aliphatic carbocycles. The predicted octanol–water partition coefficient (Wildman–Crippen LogP) is 3.49. The van der Waals surface area contributed by atoms with Crippen molar-refractivity contribution in [1.29, 1.82) is 0 Å². The van der Waals surface area contributed by atoms with Gasteiger partial charge in [0.25, 0.3) is 5.91 Å². The molecular formula is C16H15FN2O2. The van der Waals surface area contributed by atoms with Crippen molar-refractivity contribution >= 4 is 17.8 Å². The van der Waals surface area contributed by atoms with Gasteiger partial charge in [-0.2, -0.15) is 10.1 Å². The van der Waals surface area contributed by atoms with Crippen LogP contribution in [-0.2, 0) is 0 Å². The van der Waals surface area contributed by atoms with Gasteiger partial charge >= 0.3 is 0 Å². The van der Waals surface area contributed by atoms with E-state index in [1.165, 1.54) is 35.5 Å². The predicted molar refractivity (Wildman–Crippen MR) is 80.4 cm³/mol. The molecule has 0 bridgehead atoms. The number of hydrogen-bond acceptors (Lipinski definition) is 3. The van der Waals surface area contributed by atoms with Gasteiger partial charge in [-0.3, -0.25) is 4.79 Å². The number of amides is 1. The Hall–Kier alpha value is -2.69. The molecule has 0 N–H and O–H groups in total. The quantitative estimate of drug-likeness (QED) is 0.638. The van der Waals surface area contributed by atoms with E-state index in [1.54, 1.807) is 38.3 Å². The third-order valence-corrected chi connectivity index (χ3v) is 2.83. The summed E-state index contributed by atoms with van der Waals surface area (Å²) in [7, 11) is 1.57. The summed E-state index contributed by atoms with van der Waals surface area (Å²) in [5, 5.41) is 5.33. The smallest absolute Gasteiger partial charge is 0.278 e. The number of anilines is 1. The number of carbonyl (C=O) groups is 1. The third kappa shape index (κ3) is 3.45. The second kappa shape index (κ2) is 6.65. The minimum atomic E-state index is -0.387. The zero-order valence-corrected chi connectivity index (χ0v) is 11.8. The maximum Gasteiger partial charge on any atom is 0.278 e. The van der Waals surface area contributed by atoms with E-state index >= 15 is 0 Å². The van der Waals surface area contributed by atoms with Crippen LogP contribution in [0.1, 0.15) is 17.3 Å². The first-order valence-electron chi connectivity index (χ1n) is 6.38. The standard InChI is InChI=1S/C16H15FN2O2/c1-3-18-19(14-8-10-15(21-2)11-9-14)16(20)12-4-6-13(17)7-5-12/h3-11H,1-2H3/b18-3-. The maximum atomic E-state index is 12.9. The number of ether oxygens (including phenoxy) is 1. The van der Waals surface area contributed by atoms with Crippen molar-refractivity contribution in [2.75, 3.05) is 12.1 Å². The fourth-order valence-corrected chi connectivity index (χ4v) is 1.79. The average Bonchev–Trinajstić information content (AvgIpc) is 2.53. The van der Waals surface area contributed by atoms with Crippen molar-refractivity contribution in [1.82, 2.24) is 0 Å². The molecule has 4 nitrogen and oxygen atoms in total. The highest BCUT2D eigenvalue weighted by atomic mass is 19.1. The zero-order chi connectivity index (χ0) is 15.2. The molecule has 2 aromatic rings. The van der Waals surface area contributed by atoms with Crippen LogP contribution in [0.15, 0.2) is 53.6 Å². The van der Waals surface area contributed by atoms with Crippen LogP contribution < -0.4 is 9.75 Å². The Morgan fingerprint density at radius 2 is 1.76 bits per heavy atom. The first kappa shape index (κ1) is 14.7. The van der Waals surface area contributed by atoms with Crippen LogP contribution in [0.25, 0.3) is 0 Å². The van der Waals surface area contributed by atoms with Gasteiger partial charge in [-0.15, -0.1) is 0 Å². The third-order valence-electron chi connectivity index (χ3n) is 2.83. The van der Waals surface area contributed by atoms with Gasteiger partial charge in [0.15, 0.2) is 0 Å². The molecule has 2 rings (SSSR count). The highest BCUT2D eigenvalue weighted by molar-refractivity contribution is 6.06. The summed E-state index contributed by atoms with van der Waals surface area (Å²) < 4.78 is 18.0. The lowest BCUT2D eigenvalue weighted by Gasteiger charge is -2.17. The average molecular weight is 286 g/mol. The summed E-state index contributed by atoms with van der Waals surface area (Å²) in [4.78, 5) is 12.5. The normalized spacial score (nSPS) is 10.6. The number of benzene rings is 2. The molecule has 0 unspecified atom stereocenters. The first-order chi connectivity index (χ1) is 10.2. The molecule has 0 aliphatic heterocycles. The number of nitrogens with zero attached hydrogens (tertiary/aromatic N) is 2. The second-order valence-corrected chi connectivity index (χ2v) is 4.20. The van der Waals surface area contributed by atoms with Gasteiger partial charge in [-0.05, 0) is 55.5 Å². The van der Waals surface area contributed by atoms with Crippen molar-refractivity contribution in [3.8, 4) is 5.75 Å². The highest BCUT2D eigenvalue weighted by Gasteiger charge is 2.16. The molecule has 2 aromatic carbocycles. The Kier molecular flexibility index (Phi) is 4.66. The van der Waals surface area contributed by atoms with Crippen molar-refractivity contribution in [2.45, 2.75) is 6.92 Å². The van der Waals surface area contributed by atoms with E-state index in [9.17, 15) is 9.18 Å². The molecule has 0 aromatic heterocycles. The Morgan fingerprint density at radius 1 is 1.14 bits per heavy atom. The molecule has 0 heterocycles. The number of hydrogen-bond donors (Lipinski definition) is 0. The number of halogens is 1. The Bertz CT molecular complexity index is 636. The van der Waals surface area contributed by atoms with Crippen LogP contribution in [-0.4, -0.2) is 19.2 Å². The fraction of sp³-hybridized carbons (Fsp3) is 0.125. The molecule has 0 fully saturated rings. The molecule has 0 radical (unpaired) electrons. The molecular weight excluding hydrogens is 271 g/mol. The highest BCUT2D eigenvalue weighted by Crippen LogP contribution is 2.21. The lowest BCUT2D eigenvalue weighted by atomic mass is 10.2. The summed E-state index contributed by atoms with van der Waals surface area (Å²) in [5.74, 6) is -0.0341. The van der Waals surface area contributed by atoms with E-state index < -0.39 is 0 Å². The summed E-state index contributed by atoms with van der Waals surface area (Å²) in [6, 6.07) is 12.3. The molecule has 1 amide bonds. The van der Waals surface area contributed by atoms with E-state index in [0.29, 0.717) is 17.0 Å². The SMILES string of the molecule is C/C=N\N(C(=O)c1ccc(F)cc1)c1ccc(OC)cc1. The van der Waals surface area contributed by atoms with Crippen LogP contribution >= 0.6 is 0 Å². The summed E-state index contributed by atoms with van der Waals surface area (Å²) in [5.41, 5.74) is 0.959. The molecule has 108 valence electrons.